The molecule has 3 nitrogen and oxygen atoms in total. The summed E-state index contributed by atoms with van der Waals surface area (Å²) in [6.45, 7) is 2.43. The van der Waals surface area contributed by atoms with Gasteiger partial charge in [0, 0.05) is 11.6 Å². The molecule has 0 saturated carbocycles. The zero-order valence-corrected chi connectivity index (χ0v) is 11.2. The monoisotopic (exact) mass is 275 g/mol. The number of rotatable bonds is 3. The van der Waals surface area contributed by atoms with Crippen molar-refractivity contribution in [2.24, 2.45) is 0 Å². The van der Waals surface area contributed by atoms with Crippen LogP contribution in [0.2, 0.25) is 5.02 Å². The fraction of sp³-hybridized carbons (Fsp3) is 0.133. The number of carbonyl (C=O) groups is 1. The molecule has 0 aliphatic carbocycles. The summed E-state index contributed by atoms with van der Waals surface area (Å²) in [6, 6.07) is 12.3. The molecule has 2 rings (SSSR count). The van der Waals surface area contributed by atoms with Gasteiger partial charge in [-0.05, 0) is 30.7 Å². The lowest BCUT2D eigenvalue weighted by Crippen LogP contribution is -2.22. The van der Waals surface area contributed by atoms with Gasteiger partial charge in [0.15, 0.2) is 0 Å². The Kier molecular flexibility index (Phi) is 4.07. The number of carbonyl (C=O) groups excluding carboxylic acids is 1. The Hall–Kier alpha value is -2.00. The standard InChI is InChI=1S/C15H14ClNO2/c1-10-2-4-11(5-3-10)9-17-15(19)13-7-6-12(16)8-14(13)18/h2-8,18H,9H2,1H3,(H,17,19). The number of nitrogens with one attached hydrogen (secondary N) is 1. The van der Waals surface area contributed by atoms with Crippen LogP contribution in [0.3, 0.4) is 0 Å². The van der Waals surface area contributed by atoms with Crippen LogP contribution in [-0.4, -0.2) is 11.0 Å². The van der Waals surface area contributed by atoms with Crippen molar-refractivity contribution in [2.75, 3.05) is 0 Å². The van der Waals surface area contributed by atoms with E-state index in [0.29, 0.717) is 11.6 Å². The molecule has 2 N–H and O–H groups in total. The summed E-state index contributed by atoms with van der Waals surface area (Å²) in [4.78, 5) is 11.9. The van der Waals surface area contributed by atoms with E-state index in [1.54, 1.807) is 6.07 Å². The molecule has 1 amide bonds. The first-order chi connectivity index (χ1) is 9.06. The number of hydrogen-bond donors (Lipinski definition) is 2. The zero-order chi connectivity index (χ0) is 13.8. The topological polar surface area (TPSA) is 49.3 Å². The van der Waals surface area contributed by atoms with E-state index in [0.717, 1.165) is 5.56 Å². The molecule has 0 aromatic heterocycles. The Morgan fingerprint density at radius 1 is 1.21 bits per heavy atom. The Balaban J connectivity index is 2.03. The molecule has 0 atom stereocenters. The summed E-state index contributed by atoms with van der Waals surface area (Å²) in [5.74, 6) is -0.441. The largest absolute Gasteiger partial charge is 0.507 e. The fourth-order valence-corrected chi connectivity index (χ4v) is 1.85. The highest BCUT2D eigenvalue weighted by Crippen LogP contribution is 2.21. The van der Waals surface area contributed by atoms with Crippen LogP contribution in [0.4, 0.5) is 0 Å². The van der Waals surface area contributed by atoms with Crippen LogP contribution in [-0.2, 0) is 6.54 Å². The lowest BCUT2D eigenvalue weighted by molar-refractivity contribution is 0.0948. The average molecular weight is 276 g/mol. The maximum absolute atomic E-state index is 11.9. The molecule has 0 aliphatic heterocycles. The molecule has 0 unspecified atom stereocenters. The van der Waals surface area contributed by atoms with Crippen LogP contribution >= 0.6 is 11.6 Å². The number of aromatic hydroxyl groups is 1. The molecular weight excluding hydrogens is 262 g/mol. The number of aryl methyl sites for hydroxylation is 1. The molecule has 0 aliphatic rings. The minimum absolute atomic E-state index is 0.117. The Morgan fingerprint density at radius 2 is 1.89 bits per heavy atom. The van der Waals surface area contributed by atoms with Crippen LogP contribution in [0.25, 0.3) is 0 Å². The van der Waals surface area contributed by atoms with Crippen molar-refractivity contribution in [3.63, 3.8) is 0 Å². The highest BCUT2D eigenvalue weighted by Gasteiger charge is 2.10. The van der Waals surface area contributed by atoms with Crippen LogP contribution in [0.15, 0.2) is 42.5 Å². The molecule has 2 aromatic carbocycles. The minimum atomic E-state index is -0.324. The van der Waals surface area contributed by atoms with Gasteiger partial charge in [-0.25, -0.2) is 0 Å². The maximum Gasteiger partial charge on any atom is 0.255 e. The van der Waals surface area contributed by atoms with E-state index in [9.17, 15) is 9.90 Å². The number of hydrogen-bond acceptors (Lipinski definition) is 2. The highest BCUT2D eigenvalue weighted by molar-refractivity contribution is 6.30. The third-order valence-corrected chi connectivity index (χ3v) is 3.01. The summed E-state index contributed by atoms with van der Waals surface area (Å²) in [5.41, 5.74) is 2.40. The van der Waals surface area contributed by atoms with Gasteiger partial charge in [0.1, 0.15) is 5.75 Å². The molecule has 4 heteroatoms. The predicted molar refractivity (Wildman–Crippen MR) is 75.5 cm³/mol. The van der Waals surface area contributed by atoms with E-state index in [1.165, 1.54) is 17.7 Å². The number of phenolic OH excluding ortho intramolecular Hbond substituents is 1. The van der Waals surface area contributed by atoms with Gasteiger partial charge in [-0.1, -0.05) is 41.4 Å². The third kappa shape index (κ3) is 3.48. The van der Waals surface area contributed by atoms with Crippen molar-refractivity contribution in [2.45, 2.75) is 13.5 Å². The first kappa shape index (κ1) is 13.4. The van der Waals surface area contributed by atoms with E-state index in [1.807, 2.05) is 31.2 Å². The van der Waals surface area contributed by atoms with Gasteiger partial charge < -0.3 is 10.4 Å². The predicted octanol–water partition coefficient (Wildman–Crippen LogP) is 3.28. The molecule has 0 bridgehead atoms. The van der Waals surface area contributed by atoms with E-state index >= 15 is 0 Å². The van der Waals surface area contributed by atoms with Gasteiger partial charge in [-0.3, -0.25) is 4.79 Å². The molecule has 0 radical (unpaired) electrons. The molecule has 2 aromatic rings. The normalized spacial score (nSPS) is 10.2. The van der Waals surface area contributed by atoms with Gasteiger partial charge in [-0.15, -0.1) is 0 Å². The second-order valence-corrected chi connectivity index (χ2v) is 4.77. The average Bonchev–Trinajstić information content (AvgIpc) is 2.37. The van der Waals surface area contributed by atoms with Gasteiger partial charge >= 0.3 is 0 Å². The molecule has 0 saturated heterocycles. The fourth-order valence-electron chi connectivity index (χ4n) is 1.68. The summed E-state index contributed by atoms with van der Waals surface area (Å²) in [7, 11) is 0. The van der Waals surface area contributed by atoms with Gasteiger partial charge in [-0.2, -0.15) is 0 Å². The van der Waals surface area contributed by atoms with Crippen molar-refractivity contribution >= 4 is 17.5 Å². The third-order valence-electron chi connectivity index (χ3n) is 2.78. The lowest BCUT2D eigenvalue weighted by Gasteiger charge is -2.07. The van der Waals surface area contributed by atoms with Crippen LogP contribution in [0, 0.1) is 6.92 Å². The van der Waals surface area contributed by atoms with Gasteiger partial charge in [0.2, 0.25) is 0 Å². The summed E-state index contributed by atoms with van der Waals surface area (Å²) in [5, 5.41) is 12.8. The van der Waals surface area contributed by atoms with Crippen molar-refractivity contribution in [1.29, 1.82) is 0 Å². The number of amides is 1. The maximum atomic E-state index is 11.9. The first-order valence-corrected chi connectivity index (χ1v) is 6.26. The quantitative estimate of drug-likeness (QED) is 0.903. The van der Waals surface area contributed by atoms with Crippen molar-refractivity contribution in [1.82, 2.24) is 5.32 Å². The van der Waals surface area contributed by atoms with Crippen molar-refractivity contribution in [3.8, 4) is 5.75 Å². The molecule has 0 spiro atoms. The Bertz CT molecular complexity index is 594. The van der Waals surface area contributed by atoms with E-state index in [2.05, 4.69) is 5.32 Å². The first-order valence-electron chi connectivity index (χ1n) is 5.88. The Morgan fingerprint density at radius 3 is 2.53 bits per heavy atom. The zero-order valence-electron chi connectivity index (χ0n) is 10.5. The van der Waals surface area contributed by atoms with Gasteiger partial charge in [0.25, 0.3) is 5.91 Å². The molecule has 19 heavy (non-hydrogen) atoms. The summed E-state index contributed by atoms with van der Waals surface area (Å²) < 4.78 is 0. The van der Waals surface area contributed by atoms with Crippen LogP contribution < -0.4 is 5.32 Å². The molecule has 98 valence electrons. The second kappa shape index (κ2) is 5.76. The number of benzene rings is 2. The second-order valence-electron chi connectivity index (χ2n) is 4.33. The van der Waals surface area contributed by atoms with Crippen LogP contribution in [0.1, 0.15) is 21.5 Å². The number of phenols is 1. The van der Waals surface area contributed by atoms with Crippen LogP contribution in [0.5, 0.6) is 5.75 Å². The van der Waals surface area contributed by atoms with Crippen molar-refractivity contribution < 1.29 is 9.90 Å². The summed E-state index contributed by atoms with van der Waals surface area (Å²) >= 11 is 5.72. The minimum Gasteiger partial charge on any atom is -0.507 e. The Labute approximate surface area is 116 Å². The highest BCUT2D eigenvalue weighted by atomic mass is 35.5. The molecule has 0 heterocycles. The van der Waals surface area contributed by atoms with Gasteiger partial charge in [0.05, 0.1) is 5.56 Å². The van der Waals surface area contributed by atoms with Crippen molar-refractivity contribution in [3.05, 3.63) is 64.2 Å². The van der Waals surface area contributed by atoms with E-state index in [4.69, 9.17) is 11.6 Å². The molecular formula is C15H14ClNO2. The lowest BCUT2D eigenvalue weighted by atomic mass is 10.1. The SMILES string of the molecule is Cc1ccc(CNC(=O)c2ccc(Cl)cc2O)cc1. The smallest absolute Gasteiger partial charge is 0.255 e. The molecule has 0 fully saturated rings. The summed E-state index contributed by atoms with van der Waals surface area (Å²) in [6.07, 6.45) is 0. The van der Waals surface area contributed by atoms with E-state index < -0.39 is 0 Å². The number of halogens is 1. The van der Waals surface area contributed by atoms with E-state index in [-0.39, 0.29) is 17.2 Å².